The molecule has 0 aromatic heterocycles. The number of aliphatic hydroxyl groups excluding tert-OH is 1. The Labute approximate surface area is 466 Å². The molecule has 0 spiro atoms. The predicted octanol–water partition coefficient (Wildman–Crippen LogP) is 20.6. The first-order valence-electron chi connectivity index (χ1n) is 29.6. The molecular weight excluding hydrogens is 933 g/mol. The molecule has 0 saturated heterocycles. The number of rotatable bonds is 51. The highest BCUT2D eigenvalue weighted by Gasteiger charge is 2.16. The summed E-state index contributed by atoms with van der Waals surface area (Å²) in [4.78, 5) is 24.5. The molecule has 0 aliphatic carbocycles. The second-order valence-electron chi connectivity index (χ2n) is 18.6. The molecule has 5 nitrogen and oxygen atoms in total. The molecule has 0 aromatic carbocycles. The molecule has 1 N–H and O–H groups in total. The summed E-state index contributed by atoms with van der Waals surface area (Å²) in [6, 6.07) is 0. The lowest BCUT2D eigenvalue weighted by Crippen LogP contribution is -2.28. The number of carbonyl (C=O) groups is 2. The molecule has 0 bridgehead atoms. The van der Waals surface area contributed by atoms with Crippen LogP contribution in [0, 0.1) is 0 Å². The lowest BCUT2D eigenvalue weighted by atomic mass is 10.1. The predicted molar refractivity (Wildman–Crippen MR) is 333 cm³/mol. The maximum atomic E-state index is 12.3. The van der Waals surface area contributed by atoms with Crippen LogP contribution in [0.2, 0.25) is 0 Å². The van der Waals surface area contributed by atoms with Crippen LogP contribution in [0.25, 0.3) is 0 Å². The zero-order chi connectivity index (χ0) is 54.8. The van der Waals surface area contributed by atoms with E-state index in [0.717, 1.165) is 148 Å². The third-order valence-electron chi connectivity index (χ3n) is 11.6. The molecular formula is C71H106O5. The molecule has 420 valence electrons. The second-order valence-corrected chi connectivity index (χ2v) is 18.6. The van der Waals surface area contributed by atoms with Gasteiger partial charge in [-0.1, -0.05) is 253 Å². The highest BCUT2D eigenvalue weighted by molar-refractivity contribution is 5.70. The van der Waals surface area contributed by atoms with Crippen molar-refractivity contribution in [2.45, 2.75) is 213 Å². The zero-order valence-corrected chi connectivity index (χ0v) is 47.9. The Kier molecular flexibility index (Phi) is 59.1. The first kappa shape index (κ1) is 70.5. The van der Waals surface area contributed by atoms with E-state index in [9.17, 15) is 14.7 Å². The van der Waals surface area contributed by atoms with E-state index in [2.05, 4.69) is 220 Å². The van der Waals surface area contributed by atoms with Crippen molar-refractivity contribution in [1.29, 1.82) is 0 Å². The maximum absolute atomic E-state index is 12.3. The van der Waals surface area contributed by atoms with Crippen molar-refractivity contribution in [3.05, 3.63) is 207 Å². The van der Waals surface area contributed by atoms with E-state index in [4.69, 9.17) is 9.47 Å². The van der Waals surface area contributed by atoms with Crippen molar-refractivity contribution in [1.82, 2.24) is 0 Å². The van der Waals surface area contributed by atoms with Crippen LogP contribution < -0.4 is 0 Å². The Morgan fingerprint density at radius 2 is 0.526 bits per heavy atom. The van der Waals surface area contributed by atoms with Gasteiger partial charge in [0.2, 0.25) is 0 Å². The second kappa shape index (κ2) is 63.8. The van der Waals surface area contributed by atoms with Crippen LogP contribution in [-0.2, 0) is 19.1 Å². The summed E-state index contributed by atoms with van der Waals surface area (Å²) in [7, 11) is 0. The number of ether oxygens (including phenoxy) is 2. The van der Waals surface area contributed by atoms with Crippen LogP contribution in [0.5, 0.6) is 0 Å². The van der Waals surface area contributed by atoms with Crippen LogP contribution in [0.3, 0.4) is 0 Å². The summed E-state index contributed by atoms with van der Waals surface area (Å²) in [5, 5.41) is 9.66. The molecule has 0 aliphatic heterocycles. The van der Waals surface area contributed by atoms with Crippen molar-refractivity contribution in [3.8, 4) is 0 Å². The summed E-state index contributed by atoms with van der Waals surface area (Å²) >= 11 is 0. The number of hydrogen-bond donors (Lipinski definition) is 1. The maximum Gasteiger partial charge on any atom is 0.306 e. The molecule has 0 aromatic rings. The molecule has 1 unspecified atom stereocenters. The average Bonchev–Trinajstić information content (AvgIpc) is 3.42. The first-order chi connectivity index (χ1) is 37.6. The van der Waals surface area contributed by atoms with Crippen LogP contribution >= 0.6 is 0 Å². The molecule has 0 rings (SSSR count). The van der Waals surface area contributed by atoms with Crippen molar-refractivity contribution in [2.75, 3.05) is 13.2 Å². The SMILES string of the molecule is CC/C=C\C/C=C\C/C=C\C/C=C\C/C=C\C/C=C\C/C=C\C/C=C\C/C=C\C/C=C\CCCCC(=O)OC(CO)COC(=O)CCCCCCCCC/C=C\C/C=C\C/C=C\C/C=C\C/C=C\C/C=C\C/C=C\CC. The normalized spacial score (nSPS) is 13.8. The van der Waals surface area contributed by atoms with Gasteiger partial charge in [0.25, 0.3) is 0 Å². The van der Waals surface area contributed by atoms with Crippen LogP contribution in [0.4, 0.5) is 0 Å². The number of allylic oxidation sites excluding steroid dienone is 34. The van der Waals surface area contributed by atoms with E-state index in [1.807, 2.05) is 0 Å². The van der Waals surface area contributed by atoms with Crippen molar-refractivity contribution in [3.63, 3.8) is 0 Å². The third-order valence-corrected chi connectivity index (χ3v) is 11.6. The van der Waals surface area contributed by atoms with Crippen molar-refractivity contribution in [2.24, 2.45) is 0 Å². The Morgan fingerprint density at radius 1 is 0.303 bits per heavy atom. The lowest BCUT2D eigenvalue weighted by Gasteiger charge is -2.15. The zero-order valence-electron chi connectivity index (χ0n) is 47.9. The molecule has 0 fully saturated rings. The summed E-state index contributed by atoms with van der Waals surface area (Å²) in [5.74, 6) is -0.674. The van der Waals surface area contributed by atoms with Crippen LogP contribution in [-0.4, -0.2) is 36.4 Å². The highest BCUT2D eigenvalue weighted by atomic mass is 16.6. The van der Waals surface area contributed by atoms with E-state index in [1.54, 1.807) is 0 Å². The molecule has 0 amide bonds. The largest absolute Gasteiger partial charge is 0.462 e. The van der Waals surface area contributed by atoms with Gasteiger partial charge in [-0.15, -0.1) is 0 Å². The average molecular weight is 1040 g/mol. The first-order valence-corrected chi connectivity index (χ1v) is 29.6. The van der Waals surface area contributed by atoms with E-state index >= 15 is 0 Å². The fourth-order valence-corrected chi connectivity index (χ4v) is 7.21. The number of carbonyl (C=O) groups excluding carboxylic acids is 2. The van der Waals surface area contributed by atoms with Gasteiger partial charge < -0.3 is 14.6 Å². The van der Waals surface area contributed by atoms with E-state index in [-0.39, 0.29) is 31.6 Å². The molecule has 5 heteroatoms. The van der Waals surface area contributed by atoms with Crippen molar-refractivity contribution < 1.29 is 24.2 Å². The van der Waals surface area contributed by atoms with Gasteiger partial charge in [-0.2, -0.15) is 0 Å². The fraction of sp³-hybridized carbons (Fsp3) is 0.493. The van der Waals surface area contributed by atoms with E-state index in [1.165, 1.54) is 25.7 Å². The van der Waals surface area contributed by atoms with Gasteiger partial charge in [0.1, 0.15) is 6.61 Å². The lowest BCUT2D eigenvalue weighted by molar-refractivity contribution is -0.161. The fourth-order valence-electron chi connectivity index (χ4n) is 7.21. The summed E-state index contributed by atoms with van der Waals surface area (Å²) in [6.07, 6.45) is 104. The molecule has 1 atom stereocenters. The van der Waals surface area contributed by atoms with Crippen LogP contribution in [0.15, 0.2) is 207 Å². The summed E-state index contributed by atoms with van der Waals surface area (Å²) < 4.78 is 10.7. The third kappa shape index (κ3) is 61.0. The smallest absolute Gasteiger partial charge is 0.306 e. The van der Waals surface area contributed by atoms with Gasteiger partial charge in [-0.05, 0) is 148 Å². The monoisotopic (exact) mass is 1040 g/mol. The van der Waals surface area contributed by atoms with Gasteiger partial charge in [-0.25, -0.2) is 0 Å². The van der Waals surface area contributed by atoms with Gasteiger partial charge in [0.05, 0.1) is 6.61 Å². The minimum absolute atomic E-state index is 0.105. The Hall–Kier alpha value is -5.52. The van der Waals surface area contributed by atoms with Gasteiger partial charge in [0.15, 0.2) is 6.10 Å². The van der Waals surface area contributed by atoms with Gasteiger partial charge in [-0.3, -0.25) is 9.59 Å². The van der Waals surface area contributed by atoms with E-state index in [0.29, 0.717) is 12.8 Å². The Balaban J connectivity index is 3.72. The molecule has 0 radical (unpaired) electrons. The number of unbranched alkanes of at least 4 members (excludes halogenated alkanes) is 9. The minimum Gasteiger partial charge on any atom is -0.462 e. The summed E-state index contributed by atoms with van der Waals surface area (Å²) in [6.45, 7) is 3.85. The minimum atomic E-state index is -0.819. The molecule has 76 heavy (non-hydrogen) atoms. The number of hydrogen-bond acceptors (Lipinski definition) is 5. The van der Waals surface area contributed by atoms with E-state index < -0.39 is 6.10 Å². The number of esters is 2. The highest BCUT2D eigenvalue weighted by Crippen LogP contribution is 2.12. The van der Waals surface area contributed by atoms with Crippen LogP contribution in [0.1, 0.15) is 206 Å². The number of aliphatic hydroxyl groups is 1. The quantitative estimate of drug-likeness (QED) is 0.0373. The summed E-state index contributed by atoms with van der Waals surface area (Å²) in [5.41, 5.74) is 0. The van der Waals surface area contributed by atoms with Gasteiger partial charge in [0, 0.05) is 12.8 Å². The topological polar surface area (TPSA) is 72.8 Å². The Morgan fingerprint density at radius 3 is 0.816 bits per heavy atom. The molecule has 0 heterocycles. The standard InChI is InChI=1S/C71H106O5/c1-3-5-7-9-11-13-15-17-19-21-23-25-27-29-31-33-34-35-36-38-40-42-44-46-48-50-52-54-56-58-60-62-64-66-71(74)76-69(67-72)68-75-70(73)65-63-61-59-57-55-53-51-49-47-45-43-41-39-37-32-30-28-26-24-22-20-18-16-14-12-10-8-6-4-2/h5-8,11-14,17-20,23-26,29-32,34-35,38-41,44-47,50,52,56,58,69,72H,3-4,9-10,15-16,21-22,27-28,33,36-37,42-43,48-49,51,53-55,57,59-68H2,1-2H3/b7-5-,8-6-,13-11-,14-12-,19-17-,20-18-,25-23-,26-24-,31-29-,32-30-,35-34-,40-38-,41-39-,46-44-,47-45-,52-50-,58-56-. The molecule has 0 saturated carbocycles. The van der Waals surface area contributed by atoms with Crippen molar-refractivity contribution >= 4 is 11.9 Å². The van der Waals surface area contributed by atoms with Gasteiger partial charge >= 0.3 is 11.9 Å². The Bertz CT molecular complexity index is 1840. The molecule has 0 aliphatic rings.